The van der Waals surface area contributed by atoms with Crippen LogP contribution in [0.2, 0.25) is 0 Å². The molecular formula is C21H27N3O2. The van der Waals surface area contributed by atoms with E-state index in [0.717, 1.165) is 29.7 Å². The highest BCUT2D eigenvalue weighted by atomic mass is 16.2. The van der Waals surface area contributed by atoms with Crippen LogP contribution in [0.15, 0.2) is 30.3 Å². The summed E-state index contributed by atoms with van der Waals surface area (Å²) in [4.78, 5) is 30.3. The number of carbonyl (C=O) groups is 2. The number of benzene rings is 1. The number of aromatic amines is 1. The molecule has 138 valence electrons. The van der Waals surface area contributed by atoms with Crippen LogP contribution in [0.1, 0.15) is 45.7 Å². The molecular weight excluding hydrogens is 326 g/mol. The number of rotatable bonds is 4. The Labute approximate surface area is 154 Å². The zero-order valence-corrected chi connectivity index (χ0v) is 15.8. The zero-order valence-electron chi connectivity index (χ0n) is 15.8. The van der Waals surface area contributed by atoms with E-state index in [4.69, 9.17) is 0 Å². The number of likely N-dealkylation sites (tertiary alicyclic amines) is 1. The van der Waals surface area contributed by atoms with Gasteiger partial charge in [-0.05, 0) is 50.8 Å². The first kappa shape index (κ1) is 18.2. The van der Waals surface area contributed by atoms with Gasteiger partial charge in [-0.1, -0.05) is 29.8 Å². The molecule has 2 aromatic rings. The van der Waals surface area contributed by atoms with E-state index in [-0.39, 0.29) is 17.7 Å². The van der Waals surface area contributed by atoms with Gasteiger partial charge in [0.15, 0.2) is 0 Å². The van der Waals surface area contributed by atoms with Crippen LogP contribution >= 0.6 is 0 Å². The predicted octanol–water partition coefficient (Wildman–Crippen LogP) is 3.11. The SMILES string of the molecule is Cc1cccc(CNC(=O)C2CCCN(C(=O)c3[nH]c(C)cc3C)C2)c1. The Morgan fingerprint density at radius 1 is 1.23 bits per heavy atom. The first-order valence-electron chi connectivity index (χ1n) is 9.23. The fourth-order valence-corrected chi connectivity index (χ4v) is 3.64. The molecule has 1 aliphatic heterocycles. The number of carbonyl (C=O) groups excluding carboxylic acids is 2. The van der Waals surface area contributed by atoms with Crippen molar-refractivity contribution in [2.45, 2.75) is 40.2 Å². The maximum atomic E-state index is 12.8. The van der Waals surface area contributed by atoms with Gasteiger partial charge in [0.1, 0.15) is 5.69 Å². The average Bonchev–Trinajstić information content (AvgIpc) is 2.97. The van der Waals surface area contributed by atoms with E-state index in [0.29, 0.717) is 25.3 Å². The third-order valence-electron chi connectivity index (χ3n) is 4.99. The lowest BCUT2D eigenvalue weighted by atomic mass is 9.96. The molecule has 0 spiro atoms. The molecule has 1 aromatic heterocycles. The molecule has 1 fully saturated rings. The molecule has 5 nitrogen and oxygen atoms in total. The molecule has 1 aliphatic rings. The number of H-pyrrole nitrogens is 1. The molecule has 1 aromatic carbocycles. The Kier molecular flexibility index (Phi) is 5.45. The highest BCUT2D eigenvalue weighted by Gasteiger charge is 2.29. The van der Waals surface area contributed by atoms with Crippen molar-refractivity contribution in [2.75, 3.05) is 13.1 Å². The van der Waals surface area contributed by atoms with Gasteiger partial charge in [0.25, 0.3) is 5.91 Å². The Hall–Kier alpha value is -2.56. The van der Waals surface area contributed by atoms with Crippen molar-refractivity contribution in [1.29, 1.82) is 0 Å². The van der Waals surface area contributed by atoms with Gasteiger partial charge in [0.2, 0.25) is 5.91 Å². The molecule has 5 heteroatoms. The van der Waals surface area contributed by atoms with Gasteiger partial charge in [-0.25, -0.2) is 0 Å². The highest BCUT2D eigenvalue weighted by molar-refractivity contribution is 5.94. The number of aromatic nitrogens is 1. The number of piperidine rings is 1. The summed E-state index contributed by atoms with van der Waals surface area (Å²) >= 11 is 0. The van der Waals surface area contributed by atoms with E-state index in [1.165, 1.54) is 5.56 Å². The maximum absolute atomic E-state index is 12.8. The Morgan fingerprint density at radius 3 is 2.73 bits per heavy atom. The number of hydrogen-bond acceptors (Lipinski definition) is 2. The summed E-state index contributed by atoms with van der Waals surface area (Å²) in [7, 11) is 0. The quantitative estimate of drug-likeness (QED) is 0.887. The molecule has 1 unspecified atom stereocenters. The van der Waals surface area contributed by atoms with Gasteiger partial charge < -0.3 is 15.2 Å². The van der Waals surface area contributed by atoms with Crippen molar-refractivity contribution < 1.29 is 9.59 Å². The second-order valence-electron chi connectivity index (χ2n) is 7.31. The lowest BCUT2D eigenvalue weighted by Crippen LogP contribution is -2.45. The third kappa shape index (κ3) is 4.15. The molecule has 2 N–H and O–H groups in total. The molecule has 0 aliphatic carbocycles. The van der Waals surface area contributed by atoms with Crippen LogP contribution in [0.3, 0.4) is 0 Å². The lowest BCUT2D eigenvalue weighted by Gasteiger charge is -2.32. The standard InChI is InChI=1S/C21H27N3O2/c1-14-6-4-7-17(10-14)12-22-20(25)18-8-5-9-24(13-18)21(26)19-15(2)11-16(3)23-19/h4,6-7,10-11,18,23H,5,8-9,12-13H2,1-3H3,(H,22,25). The van der Waals surface area contributed by atoms with Crippen molar-refractivity contribution in [3.63, 3.8) is 0 Å². The van der Waals surface area contributed by atoms with Crippen molar-refractivity contribution in [3.8, 4) is 0 Å². The van der Waals surface area contributed by atoms with Gasteiger partial charge in [-0.15, -0.1) is 0 Å². The zero-order chi connectivity index (χ0) is 18.7. The van der Waals surface area contributed by atoms with E-state index < -0.39 is 0 Å². The summed E-state index contributed by atoms with van der Waals surface area (Å²) in [6.07, 6.45) is 1.68. The number of aryl methyl sites for hydroxylation is 3. The van der Waals surface area contributed by atoms with Crippen LogP contribution in [0.25, 0.3) is 0 Å². The Bertz CT molecular complexity index is 809. The van der Waals surface area contributed by atoms with Crippen molar-refractivity contribution >= 4 is 11.8 Å². The van der Waals surface area contributed by atoms with Crippen LogP contribution in [-0.4, -0.2) is 34.8 Å². The van der Waals surface area contributed by atoms with Crippen LogP contribution < -0.4 is 5.32 Å². The first-order valence-corrected chi connectivity index (χ1v) is 9.23. The molecule has 0 radical (unpaired) electrons. The second-order valence-corrected chi connectivity index (χ2v) is 7.31. The van der Waals surface area contributed by atoms with Crippen molar-refractivity contribution in [2.24, 2.45) is 5.92 Å². The van der Waals surface area contributed by atoms with Crippen LogP contribution in [0.4, 0.5) is 0 Å². The van der Waals surface area contributed by atoms with Gasteiger partial charge >= 0.3 is 0 Å². The molecule has 3 rings (SSSR count). The summed E-state index contributed by atoms with van der Waals surface area (Å²) < 4.78 is 0. The summed E-state index contributed by atoms with van der Waals surface area (Å²) in [5.41, 5.74) is 4.86. The molecule has 26 heavy (non-hydrogen) atoms. The second kappa shape index (κ2) is 7.77. The highest BCUT2D eigenvalue weighted by Crippen LogP contribution is 2.20. The Morgan fingerprint density at radius 2 is 2.04 bits per heavy atom. The van der Waals surface area contributed by atoms with E-state index in [1.54, 1.807) is 4.90 Å². The smallest absolute Gasteiger partial charge is 0.270 e. The number of nitrogens with one attached hydrogen (secondary N) is 2. The van der Waals surface area contributed by atoms with Gasteiger partial charge in [0, 0.05) is 25.3 Å². The summed E-state index contributed by atoms with van der Waals surface area (Å²) in [5, 5.41) is 3.03. The minimum Gasteiger partial charge on any atom is -0.354 e. The summed E-state index contributed by atoms with van der Waals surface area (Å²) in [6, 6.07) is 10.1. The first-order chi connectivity index (χ1) is 12.4. The normalized spacial score (nSPS) is 17.2. The topological polar surface area (TPSA) is 65.2 Å². The van der Waals surface area contributed by atoms with Gasteiger partial charge in [0.05, 0.1) is 5.92 Å². The number of amides is 2. The fourth-order valence-electron chi connectivity index (χ4n) is 3.64. The van der Waals surface area contributed by atoms with E-state index in [9.17, 15) is 9.59 Å². The molecule has 1 saturated heterocycles. The summed E-state index contributed by atoms with van der Waals surface area (Å²) in [6.45, 7) is 7.64. The molecule has 0 saturated carbocycles. The average molecular weight is 353 g/mol. The minimum absolute atomic E-state index is 0.00761. The van der Waals surface area contributed by atoms with Gasteiger partial charge in [-0.2, -0.15) is 0 Å². The number of hydrogen-bond donors (Lipinski definition) is 2. The molecule has 2 heterocycles. The monoisotopic (exact) mass is 353 g/mol. The van der Waals surface area contributed by atoms with E-state index >= 15 is 0 Å². The fraction of sp³-hybridized carbons (Fsp3) is 0.429. The third-order valence-corrected chi connectivity index (χ3v) is 4.99. The van der Waals surface area contributed by atoms with Crippen LogP contribution in [-0.2, 0) is 11.3 Å². The van der Waals surface area contributed by atoms with Gasteiger partial charge in [-0.3, -0.25) is 9.59 Å². The van der Waals surface area contributed by atoms with Crippen molar-refractivity contribution in [3.05, 3.63) is 58.4 Å². The number of nitrogens with zero attached hydrogens (tertiary/aromatic N) is 1. The summed E-state index contributed by atoms with van der Waals surface area (Å²) in [5.74, 6) is -0.121. The van der Waals surface area contributed by atoms with Crippen LogP contribution in [0.5, 0.6) is 0 Å². The lowest BCUT2D eigenvalue weighted by molar-refractivity contribution is -0.126. The molecule has 0 bridgehead atoms. The Balaban J connectivity index is 1.60. The maximum Gasteiger partial charge on any atom is 0.270 e. The van der Waals surface area contributed by atoms with Crippen LogP contribution in [0, 0.1) is 26.7 Å². The minimum atomic E-state index is -0.145. The largest absolute Gasteiger partial charge is 0.354 e. The predicted molar refractivity (Wildman–Crippen MR) is 102 cm³/mol. The molecule has 1 atom stereocenters. The van der Waals surface area contributed by atoms with E-state index in [1.807, 2.05) is 45.0 Å². The molecule has 2 amide bonds. The van der Waals surface area contributed by atoms with E-state index in [2.05, 4.69) is 16.4 Å². The van der Waals surface area contributed by atoms with Crippen molar-refractivity contribution in [1.82, 2.24) is 15.2 Å².